The van der Waals surface area contributed by atoms with Gasteiger partial charge in [-0.1, -0.05) is 24.3 Å². The Bertz CT molecular complexity index is 1160. The number of likely N-dealkylation sites (tertiary alicyclic amines) is 1. The molecule has 1 fully saturated rings. The molecule has 0 N–H and O–H groups in total. The standard InChI is InChI=1S/C25H24N2O3S/c28-22(27-12-3-4-13-27)16-30-25(29)23-19-9-1-2-11-21(19)26-24-17(7-5-10-20(23)24)15-18-8-6-14-31-18/h1-2,6,8-9,11,14-15H,3-5,7,10,12-13,16H2/b17-15+. The minimum absolute atomic E-state index is 0.114. The lowest BCUT2D eigenvalue weighted by molar-refractivity contribution is -0.133. The van der Waals surface area contributed by atoms with Crippen molar-refractivity contribution in [2.75, 3.05) is 19.7 Å². The zero-order valence-electron chi connectivity index (χ0n) is 17.3. The van der Waals surface area contributed by atoms with Crippen LogP contribution in [0.25, 0.3) is 22.6 Å². The minimum Gasteiger partial charge on any atom is -0.452 e. The summed E-state index contributed by atoms with van der Waals surface area (Å²) in [5, 5.41) is 2.85. The number of benzene rings is 1. The van der Waals surface area contributed by atoms with Crippen LogP contribution in [0.2, 0.25) is 0 Å². The first kappa shape index (κ1) is 19.9. The molecule has 0 radical (unpaired) electrons. The van der Waals surface area contributed by atoms with Crippen molar-refractivity contribution in [3.8, 4) is 0 Å². The Morgan fingerprint density at radius 3 is 2.71 bits per heavy atom. The summed E-state index contributed by atoms with van der Waals surface area (Å²) in [6.07, 6.45) is 6.87. The Kier molecular flexibility index (Phi) is 5.55. The molecule has 1 amide bonds. The van der Waals surface area contributed by atoms with Crippen LogP contribution in [0.5, 0.6) is 0 Å². The maximum Gasteiger partial charge on any atom is 0.339 e. The molecular weight excluding hydrogens is 408 g/mol. The number of allylic oxidation sites excluding steroid dienone is 1. The van der Waals surface area contributed by atoms with Gasteiger partial charge in [0.15, 0.2) is 6.61 Å². The Hall–Kier alpha value is -2.99. The lowest BCUT2D eigenvalue weighted by Crippen LogP contribution is -2.32. The second-order valence-corrected chi connectivity index (χ2v) is 9.01. The first-order valence-corrected chi connectivity index (χ1v) is 11.7. The molecule has 0 unspecified atom stereocenters. The van der Waals surface area contributed by atoms with E-state index in [1.807, 2.05) is 30.3 Å². The number of ether oxygens (including phenoxy) is 1. The van der Waals surface area contributed by atoms with E-state index in [2.05, 4.69) is 17.5 Å². The number of rotatable bonds is 4. The summed E-state index contributed by atoms with van der Waals surface area (Å²) in [5.41, 5.74) is 4.31. The highest BCUT2D eigenvalue weighted by Crippen LogP contribution is 2.36. The fourth-order valence-corrected chi connectivity index (χ4v) is 5.19. The molecule has 1 aromatic carbocycles. The van der Waals surface area contributed by atoms with Crippen LogP contribution in [0, 0.1) is 0 Å². The van der Waals surface area contributed by atoms with E-state index < -0.39 is 5.97 Å². The molecule has 5 nitrogen and oxygen atoms in total. The van der Waals surface area contributed by atoms with Gasteiger partial charge in [0.25, 0.3) is 5.91 Å². The SMILES string of the molecule is O=C(OCC(=O)N1CCCC1)c1c2c(nc3ccccc13)/C(=C/c1cccs1)CCC2. The molecule has 0 saturated carbocycles. The molecule has 3 aromatic rings. The van der Waals surface area contributed by atoms with E-state index in [-0.39, 0.29) is 12.5 Å². The van der Waals surface area contributed by atoms with Crippen molar-refractivity contribution in [2.24, 2.45) is 0 Å². The average molecular weight is 433 g/mol. The summed E-state index contributed by atoms with van der Waals surface area (Å²) in [6, 6.07) is 11.8. The smallest absolute Gasteiger partial charge is 0.339 e. The lowest BCUT2D eigenvalue weighted by atomic mass is 9.86. The van der Waals surface area contributed by atoms with Gasteiger partial charge in [-0.3, -0.25) is 4.79 Å². The Morgan fingerprint density at radius 1 is 1.06 bits per heavy atom. The fraction of sp³-hybridized carbons (Fsp3) is 0.320. The summed E-state index contributed by atoms with van der Waals surface area (Å²) in [5.74, 6) is -0.545. The third-order valence-corrected chi connectivity index (χ3v) is 6.84. The number of hydrogen-bond donors (Lipinski definition) is 0. The Morgan fingerprint density at radius 2 is 1.90 bits per heavy atom. The molecule has 0 bridgehead atoms. The monoisotopic (exact) mass is 432 g/mol. The van der Waals surface area contributed by atoms with Gasteiger partial charge in [0.05, 0.1) is 16.8 Å². The average Bonchev–Trinajstić information content (AvgIpc) is 3.50. The Labute approximate surface area is 185 Å². The molecule has 2 aromatic heterocycles. The molecule has 3 heterocycles. The summed E-state index contributed by atoms with van der Waals surface area (Å²) >= 11 is 1.69. The van der Waals surface area contributed by atoms with E-state index in [0.717, 1.165) is 72.9 Å². The van der Waals surface area contributed by atoms with Crippen LogP contribution < -0.4 is 0 Å². The molecule has 158 valence electrons. The van der Waals surface area contributed by atoms with Crippen LogP contribution in [0.4, 0.5) is 0 Å². The summed E-state index contributed by atoms with van der Waals surface area (Å²) in [6.45, 7) is 1.30. The molecule has 6 heteroatoms. The maximum atomic E-state index is 13.2. The van der Waals surface area contributed by atoms with Crippen LogP contribution in [-0.2, 0) is 16.0 Å². The van der Waals surface area contributed by atoms with Crippen molar-refractivity contribution in [1.29, 1.82) is 0 Å². The number of para-hydroxylation sites is 1. The highest BCUT2D eigenvalue weighted by atomic mass is 32.1. The molecule has 5 rings (SSSR count). The third kappa shape index (κ3) is 4.00. The predicted octanol–water partition coefficient (Wildman–Crippen LogP) is 4.95. The number of carbonyl (C=O) groups excluding carboxylic acids is 2. The second kappa shape index (κ2) is 8.63. The number of esters is 1. The molecule has 0 spiro atoms. The van der Waals surface area contributed by atoms with Crippen LogP contribution in [0.1, 0.15) is 52.2 Å². The second-order valence-electron chi connectivity index (χ2n) is 8.03. The number of hydrogen-bond acceptors (Lipinski definition) is 5. The third-order valence-electron chi connectivity index (χ3n) is 6.02. The van der Waals surface area contributed by atoms with Gasteiger partial charge in [0.1, 0.15) is 0 Å². The Balaban J connectivity index is 1.52. The predicted molar refractivity (Wildman–Crippen MR) is 123 cm³/mol. The minimum atomic E-state index is -0.431. The molecular formula is C25H24N2O3S. The topological polar surface area (TPSA) is 59.5 Å². The number of nitrogens with zero attached hydrogens (tertiary/aromatic N) is 2. The quantitative estimate of drug-likeness (QED) is 0.547. The zero-order valence-corrected chi connectivity index (χ0v) is 18.1. The molecule has 1 aliphatic carbocycles. The van der Waals surface area contributed by atoms with Crippen molar-refractivity contribution >= 4 is 45.8 Å². The van der Waals surface area contributed by atoms with E-state index in [1.54, 1.807) is 16.2 Å². The van der Waals surface area contributed by atoms with Crippen LogP contribution in [0.3, 0.4) is 0 Å². The molecule has 1 aliphatic heterocycles. The van der Waals surface area contributed by atoms with Crippen molar-refractivity contribution in [2.45, 2.75) is 32.1 Å². The normalized spacial score (nSPS) is 17.2. The van der Waals surface area contributed by atoms with Gasteiger partial charge in [-0.05, 0) is 66.8 Å². The van der Waals surface area contributed by atoms with E-state index in [4.69, 9.17) is 9.72 Å². The van der Waals surface area contributed by atoms with Gasteiger partial charge < -0.3 is 9.64 Å². The highest BCUT2D eigenvalue weighted by Gasteiger charge is 2.27. The lowest BCUT2D eigenvalue weighted by Gasteiger charge is -2.22. The summed E-state index contributed by atoms with van der Waals surface area (Å²) in [4.78, 5) is 33.5. The van der Waals surface area contributed by atoms with E-state index in [0.29, 0.717) is 5.56 Å². The highest BCUT2D eigenvalue weighted by molar-refractivity contribution is 7.10. The van der Waals surface area contributed by atoms with Gasteiger partial charge >= 0.3 is 5.97 Å². The molecule has 1 saturated heterocycles. The van der Waals surface area contributed by atoms with Crippen molar-refractivity contribution in [3.63, 3.8) is 0 Å². The van der Waals surface area contributed by atoms with Crippen LogP contribution in [0.15, 0.2) is 41.8 Å². The fourth-order valence-electron chi connectivity index (χ4n) is 4.51. The van der Waals surface area contributed by atoms with Gasteiger partial charge in [-0.25, -0.2) is 9.78 Å². The number of carbonyl (C=O) groups is 2. The van der Waals surface area contributed by atoms with Crippen molar-refractivity contribution in [1.82, 2.24) is 9.88 Å². The first-order chi connectivity index (χ1) is 15.2. The number of fused-ring (bicyclic) bond motifs is 2. The largest absolute Gasteiger partial charge is 0.452 e. The maximum absolute atomic E-state index is 13.2. The molecule has 31 heavy (non-hydrogen) atoms. The number of pyridine rings is 1. The van der Waals surface area contributed by atoms with E-state index in [9.17, 15) is 9.59 Å². The van der Waals surface area contributed by atoms with Gasteiger partial charge in [-0.2, -0.15) is 0 Å². The van der Waals surface area contributed by atoms with Crippen molar-refractivity contribution < 1.29 is 14.3 Å². The summed E-state index contributed by atoms with van der Waals surface area (Å²) in [7, 11) is 0. The number of thiophene rings is 1. The molecule has 2 aliphatic rings. The van der Waals surface area contributed by atoms with E-state index >= 15 is 0 Å². The zero-order chi connectivity index (χ0) is 21.2. The number of aromatic nitrogens is 1. The molecule has 0 atom stereocenters. The van der Waals surface area contributed by atoms with Gasteiger partial charge in [0, 0.05) is 23.4 Å². The van der Waals surface area contributed by atoms with Gasteiger partial charge in [0.2, 0.25) is 0 Å². The number of amides is 1. The first-order valence-electron chi connectivity index (χ1n) is 10.8. The van der Waals surface area contributed by atoms with Crippen LogP contribution >= 0.6 is 11.3 Å². The van der Waals surface area contributed by atoms with Gasteiger partial charge in [-0.15, -0.1) is 11.3 Å². The van der Waals surface area contributed by atoms with Crippen molar-refractivity contribution in [3.05, 3.63) is 63.5 Å². The summed E-state index contributed by atoms with van der Waals surface area (Å²) < 4.78 is 5.54. The van der Waals surface area contributed by atoms with Crippen LogP contribution in [-0.4, -0.2) is 41.5 Å². The van der Waals surface area contributed by atoms with E-state index in [1.165, 1.54) is 4.88 Å².